The molecule has 2 atom stereocenters. The highest BCUT2D eigenvalue weighted by Gasteiger charge is 2.17. The summed E-state index contributed by atoms with van der Waals surface area (Å²) in [6.07, 6.45) is 3.42. The standard InChI is InChI=1S/C13H21NO2S2/c1-10(8-12-4-3-7-18-12)13(16)14-11(5-6-15)9-17-2/h3-4,7,10-11,15H,5-6,8-9H2,1-2H3,(H,14,16). The van der Waals surface area contributed by atoms with Crippen LogP contribution in [0.25, 0.3) is 0 Å². The molecule has 1 aromatic rings. The highest BCUT2D eigenvalue weighted by molar-refractivity contribution is 7.98. The molecule has 0 radical (unpaired) electrons. The maximum absolute atomic E-state index is 12.0. The number of hydrogen-bond acceptors (Lipinski definition) is 4. The van der Waals surface area contributed by atoms with Crippen LogP contribution in [0.2, 0.25) is 0 Å². The van der Waals surface area contributed by atoms with Gasteiger partial charge >= 0.3 is 0 Å². The van der Waals surface area contributed by atoms with E-state index in [9.17, 15) is 4.79 Å². The molecule has 2 unspecified atom stereocenters. The van der Waals surface area contributed by atoms with Crippen molar-refractivity contribution < 1.29 is 9.90 Å². The number of nitrogens with one attached hydrogen (secondary N) is 1. The fourth-order valence-electron chi connectivity index (χ4n) is 1.72. The van der Waals surface area contributed by atoms with E-state index in [1.165, 1.54) is 4.88 Å². The Balaban J connectivity index is 2.42. The maximum Gasteiger partial charge on any atom is 0.223 e. The minimum Gasteiger partial charge on any atom is -0.396 e. The van der Waals surface area contributed by atoms with Crippen molar-refractivity contribution in [3.05, 3.63) is 22.4 Å². The zero-order valence-electron chi connectivity index (χ0n) is 10.9. The Morgan fingerprint density at radius 2 is 2.39 bits per heavy atom. The van der Waals surface area contributed by atoms with Crippen molar-refractivity contribution in [2.45, 2.75) is 25.8 Å². The molecule has 3 nitrogen and oxygen atoms in total. The SMILES string of the molecule is CSCC(CCO)NC(=O)C(C)Cc1cccs1. The van der Waals surface area contributed by atoms with Crippen LogP contribution in [0.1, 0.15) is 18.2 Å². The third-order valence-electron chi connectivity index (χ3n) is 2.73. The van der Waals surface area contributed by atoms with Crippen molar-refractivity contribution in [3.63, 3.8) is 0 Å². The van der Waals surface area contributed by atoms with Gasteiger partial charge < -0.3 is 10.4 Å². The largest absolute Gasteiger partial charge is 0.396 e. The molecule has 5 heteroatoms. The first-order chi connectivity index (χ1) is 8.67. The van der Waals surface area contributed by atoms with Gasteiger partial charge in [0.1, 0.15) is 0 Å². The second kappa shape index (κ2) is 8.56. The molecule has 0 spiro atoms. The van der Waals surface area contributed by atoms with Crippen LogP contribution < -0.4 is 5.32 Å². The van der Waals surface area contributed by atoms with Crippen LogP contribution in [0, 0.1) is 5.92 Å². The summed E-state index contributed by atoms with van der Waals surface area (Å²) in [7, 11) is 0. The number of rotatable bonds is 8. The number of carbonyl (C=O) groups is 1. The molecule has 0 bridgehead atoms. The van der Waals surface area contributed by atoms with Crippen LogP contribution in [0.4, 0.5) is 0 Å². The van der Waals surface area contributed by atoms with Gasteiger partial charge in [-0.1, -0.05) is 13.0 Å². The quantitative estimate of drug-likeness (QED) is 0.770. The number of aliphatic hydroxyl groups excluding tert-OH is 1. The third kappa shape index (κ3) is 5.42. The van der Waals surface area contributed by atoms with Gasteiger partial charge in [-0.3, -0.25) is 4.79 Å². The second-order valence-electron chi connectivity index (χ2n) is 4.36. The number of hydrogen-bond donors (Lipinski definition) is 2. The summed E-state index contributed by atoms with van der Waals surface area (Å²) in [4.78, 5) is 13.3. The lowest BCUT2D eigenvalue weighted by molar-refractivity contribution is -0.125. The van der Waals surface area contributed by atoms with Crippen molar-refractivity contribution in [3.8, 4) is 0 Å². The van der Waals surface area contributed by atoms with E-state index in [2.05, 4.69) is 11.4 Å². The summed E-state index contributed by atoms with van der Waals surface area (Å²) in [6.45, 7) is 2.06. The number of carbonyl (C=O) groups excluding carboxylic acids is 1. The lowest BCUT2D eigenvalue weighted by Crippen LogP contribution is -2.40. The highest BCUT2D eigenvalue weighted by atomic mass is 32.2. The Labute approximate surface area is 117 Å². The molecule has 2 N–H and O–H groups in total. The predicted octanol–water partition coefficient (Wildman–Crippen LogP) is 2.16. The Bertz CT molecular complexity index is 335. The van der Waals surface area contributed by atoms with Gasteiger partial charge in [0.25, 0.3) is 0 Å². The molecule has 1 heterocycles. The van der Waals surface area contributed by atoms with Crippen LogP contribution in [-0.2, 0) is 11.2 Å². The first-order valence-electron chi connectivity index (χ1n) is 6.10. The van der Waals surface area contributed by atoms with E-state index >= 15 is 0 Å². The average molecular weight is 287 g/mol. The number of amides is 1. The molecule has 18 heavy (non-hydrogen) atoms. The minimum atomic E-state index is -0.0216. The monoisotopic (exact) mass is 287 g/mol. The summed E-state index contributed by atoms with van der Waals surface area (Å²) >= 11 is 3.37. The van der Waals surface area contributed by atoms with Gasteiger partial charge in [-0.25, -0.2) is 0 Å². The molecule has 1 amide bonds. The number of thiophene rings is 1. The zero-order valence-corrected chi connectivity index (χ0v) is 12.5. The lowest BCUT2D eigenvalue weighted by Gasteiger charge is -2.19. The van der Waals surface area contributed by atoms with Gasteiger partial charge in [0, 0.05) is 29.2 Å². The maximum atomic E-state index is 12.0. The Hall–Kier alpha value is -0.520. The number of aliphatic hydroxyl groups is 1. The van der Waals surface area contributed by atoms with Gasteiger partial charge in [0.05, 0.1) is 0 Å². The molecule has 0 saturated heterocycles. The van der Waals surface area contributed by atoms with E-state index in [4.69, 9.17) is 5.11 Å². The average Bonchev–Trinajstić information content (AvgIpc) is 2.82. The van der Waals surface area contributed by atoms with Crippen molar-refractivity contribution in [1.29, 1.82) is 0 Å². The number of thioether (sulfide) groups is 1. The summed E-state index contributed by atoms with van der Waals surface area (Å²) in [5.74, 6) is 0.903. The molecular formula is C13H21NO2S2. The van der Waals surface area contributed by atoms with E-state index in [1.54, 1.807) is 23.1 Å². The first-order valence-corrected chi connectivity index (χ1v) is 8.37. The normalized spacial score (nSPS) is 14.2. The Kier molecular flexibility index (Phi) is 7.39. The van der Waals surface area contributed by atoms with Crippen molar-refractivity contribution in [1.82, 2.24) is 5.32 Å². The predicted molar refractivity (Wildman–Crippen MR) is 79.2 cm³/mol. The summed E-state index contributed by atoms with van der Waals surface area (Å²) in [5.41, 5.74) is 0. The Morgan fingerprint density at radius 3 is 2.94 bits per heavy atom. The van der Waals surface area contributed by atoms with Crippen LogP contribution in [-0.4, -0.2) is 35.7 Å². The van der Waals surface area contributed by atoms with E-state index in [0.29, 0.717) is 6.42 Å². The topological polar surface area (TPSA) is 49.3 Å². The molecule has 0 aliphatic heterocycles. The molecule has 0 aliphatic rings. The van der Waals surface area contributed by atoms with E-state index in [-0.39, 0.29) is 24.5 Å². The van der Waals surface area contributed by atoms with Crippen molar-refractivity contribution in [2.75, 3.05) is 18.6 Å². The molecule has 102 valence electrons. The van der Waals surface area contributed by atoms with E-state index in [0.717, 1.165) is 12.2 Å². The fraction of sp³-hybridized carbons (Fsp3) is 0.615. The molecule has 1 aromatic heterocycles. The molecular weight excluding hydrogens is 266 g/mol. The smallest absolute Gasteiger partial charge is 0.223 e. The molecule has 0 aliphatic carbocycles. The van der Waals surface area contributed by atoms with Gasteiger partial charge in [-0.05, 0) is 30.5 Å². The lowest BCUT2D eigenvalue weighted by atomic mass is 10.1. The van der Waals surface area contributed by atoms with E-state index in [1.807, 2.05) is 24.6 Å². The van der Waals surface area contributed by atoms with Crippen LogP contribution in [0.5, 0.6) is 0 Å². The summed E-state index contributed by atoms with van der Waals surface area (Å²) in [5, 5.41) is 14.0. The van der Waals surface area contributed by atoms with Gasteiger partial charge in [-0.15, -0.1) is 11.3 Å². The van der Waals surface area contributed by atoms with Crippen LogP contribution in [0.15, 0.2) is 17.5 Å². The highest BCUT2D eigenvalue weighted by Crippen LogP contribution is 2.15. The van der Waals surface area contributed by atoms with Crippen LogP contribution >= 0.6 is 23.1 Å². The summed E-state index contributed by atoms with van der Waals surface area (Å²) < 4.78 is 0. The molecule has 0 aromatic carbocycles. The van der Waals surface area contributed by atoms with Crippen LogP contribution in [0.3, 0.4) is 0 Å². The van der Waals surface area contributed by atoms with E-state index < -0.39 is 0 Å². The van der Waals surface area contributed by atoms with Gasteiger partial charge in [-0.2, -0.15) is 11.8 Å². The first kappa shape index (κ1) is 15.5. The zero-order chi connectivity index (χ0) is 13.4. The molecule has 1 rings (SSSR count). The fourth-order valence-corrected chi connectivity index (χ4v) is 3.21. The van der Waals surface area contributed by atoms with Crippen molar-refractivity contribution in [2.24, 2.45) is 5.92 Å². The molecule has 0 saturated carbocycles. The van der Waals surface area contributed by atoms with Gasteiger partial charge in [0.2, 0.25) is 5.91 Å². The third-order valence-corrected chi connectivity index (χ3v) is 4.36. The Morgan fingerprint density at radius 1 is 1.61 bits per heavy atom. The summed E-state index contributed by atoms with van der Waals surface area (Å²) in [6, 6.07) is 4.14. The second-order valence-corrected chi connectivity index (χ2v) is 6.30. The minimum absolute atomic E-state index is 0.0216. The van der Waals surface area contributed by atoms with Crippen molar-refractivity contribution >= 4 is 29.0 Å². The van der Waals surface area contributed by atoms with Gasteiger partial charge in [0.15, 0.2) is 0 Å². The molecule has 0 fully saturated rings.